The summed E-state index contributed by atoms with van der Waals surface area (Å²) in [6, 6.07) is 72.3. The Morgan fingerprint density at radius 1 is 0.364 bits per heavy atom. The number of anilines is 3. The van der Waals surface area contributed by atoms with Crippen LogP contribution in [-0.4, -0.2) is 0 Å². The Morgan fingerprint density at radius 3 is 1.76 bits per heavy atom. The van der Waals surface area contributed by atoms with Crippen molar-refractivity contribution in [2.75, 3.05) is 4.90 Å². The van der Waals surface area contributed by atoms with Crippen LogP contribution in [0.5, 0.6) is 0 Å². The molecule has 11 rings (SSSR count). The molecule has 0 N–H and O–H groups in total. The summed E-state index contributed by atoms with van der Waals surface area (Å²) >= 11 is 1.85. The second-order valence-electron chi connectivity index (χ2n) is 14.1. The first kappa shape index (κ1) is 31.6. The van der Waals surface area contributed by atoms with E-state index in [0.717, 1.165) is 50.1 Å². The highest BCUT2D eigenvalue weighted by molar-refractivity contribution is 7.26. The van der Waals surface area contributed by atoms with Gasteiger partial charge in [-0.15, -0.1) is 11.3 Å². The molecule has 0 spiro atoms. The van der Waals surface area contributed by atoms with Gasteiger partial charge in [0.2, 0.25) is 0 Å². The molecule has 0 aliphatic carbocycles. The van der Waals surface area contributed by atoms with Gasteiger partial charge < -0.3 is 9.32 Å². The van der Waals surface area contributed by atoms with Gasteiger partial charge in [0.15, 0.2) is 0 Å². The maximum absolute atomic E-state index is 6.24. The minimum absolute atomic E-state index is 0.906. The third-order valence-corrected chi connectivity index (χ3v) is 12.0. The van der Waals surface area contributed by atoms with Crippen LogP contribution in [0.3, 0.4) is 0 Å². The Morgan fingerprint density at radius 2 is 0.945 bits per heavy atom. The predicted octanol–water partition coefficient (Wildman–Crippen LogP) is 15.6. The summed E-state index contributed by atoms with van der Waals surface area (Å²) in [5, 5.41) is 7.36. The van der Waals surface area contributed by atoms with Crippen LogP contribution in [0.25, 0.3) is 86.3 Å². The molecule has 0 amide bonds. The molecule has 0 radical (unpaired) electrons. The fourth-order valence-electron chi connectivity index (χ4n) is 8.22. The van der Waals surface area contributed by atoms with E-state index < -0.39 is 0 Å². The molecule has 0 saturated heterocycles. The van der Waals surface area contributed by atoms with E-state index >= 15 is 0 Å². The van der Waals surface area contributed by atoms with Gasteiger partial charge in [0, 0.05) is 42.3 Å². The Labute approximate surface area is 322 Å². The molecule has 0 atom stereocenters. The summed E-state index contributed by atoms with van der Waals surface area (Å²) in [4.78, 5) is 2.41. The van der Waals surface area contributed by atoms with Gasteiger partial charge >= 0.3 is 0 Å². The fraction of sp³-hybridized carbons (Fsp3) is 0. The van der Waals surface area contributed by atoms with Crippen molar-refractivity contribution in [1.29, 1.82) is 0 Å². The number of hydrogen-bond acceptors (Lipinski definition) is 3. The Bertz CT molecular complexity index is 3200. The Hall–Kier alpha value is -6.94. The third-order valence-electron chi connectivity index (χ3n) is 10.9. The van der Waals surface area contributed by atoms with Crippen LogP contribution in [-0.2, 0) is 0 Å². The predicted molar refractivity (Wildman–Crippen MR) is 235 cm³/mol. The maximum atomic E-state index is 6.24. The number of furan rings is 1. The smallest absolute Gasteiger partial charge is 0.136 e. The lowest BCUT2D eigenvalue weighted by Crippen LogP contribution is -2.10. The molecule has 11 aromatic rings. The molecule has 2 aromatic heterocycles. The van der Waals surface area contributed by atoms with Gasteiger partial charge in [0.25, 0.3) is 0 Å². The number of rotatable bonds is 6. The Balaban J connectivity index is 1.01. The van der Waals surface area contributed by atoms with Crippen LogP contribution in [0.2, 0.25) is 0 Å². The van der Waals surface area contributed by atoms with Gasteiger partial charge in [-0.2, -0.15) is 0 Å². The summed E-state index contributed by atoms with van der Waals surface area (Å²) in [6.07, 6.45) is 0. The fourth-order valence-corrected chi connectivity index (χ4v) is 9.35. The molecular weight excluding hydrogens is 687 g/mol. The van der Waals surface area contributed by atoms with E-state index in [-0.39, 0.29) is 0 Å². The quantitative estimate of drug-likeness (QED) is 0.170. The highest BCUT2D eigenvalue weighted by Gasteiger charge is 2.19. The van der Waals surface area contributed by atoms with Gasteiger partial charge in [0.1, 0.15) is 11.2 Å². The Kier molecular flexibility index (Phi) is 7.39. The lowest BCUT2D eigenvalue weighted by molar-refractivity contribution is 0.669. The zero-order valence-corrected chi connectivity index (χ0v) is 30.6. The SMILES string of the molecule is c1cc(-c2ccc(N(c3ccc(-c4ccc5c(c4)oc4ccccc45)cc3)c3cccc4sc5ccccc5c34)cc2)cc(-c2cccc3ccccc23)c1. The molecule has 0 unspecified atom stereocenters. The van der Waals surface area contributed by atoms with Crippen molar-refractivity contribution in [3.05, 3.63) is 200 Å². The average molecular weight is 720 g/mol. The van der Waals surface area contributed by atoms with E-state index in [0.29, 0.717) is 0 Å². The molecule has 0 fully saturated rings. The molecule has 258 valence electrons. The molecular formula is C52H33NOS. The van der Waals surface area contributed by atoms with Gasteiger partial charge in [-0.25, -0.2) is 0 Å². The largest absolute Gasteiger partial charge is 0.456 e. The second-order valence-corrected chi connectivity index (χ2v) is 15.2. The van der Waals surface area contributed by atoms with Gasteiger partial charge in [-0.05, 0) is 111 Å². The van der Waals surface area contributed by atoms with Crippen LogP contribution in [0.1, 0.15) is 0 Å². The summed E-state index contributed by atoms with van der Waals surface area (Å²) in [7, 11) is 0. The number of hydrogen-bond donors (Lipinski definition) is 0. The molecule has 2 heterocycles. The number of nitrogens with zero attached hydrogens (tertiary/aromatic N) is 1. The van der Waals surface area contributed by atoms with Crippen molar-refractivity contribution in [2.45, 2.75) is 0 Å². The normalized spacial score (nSPS) is 11.6. The van der Waals surface area contributed by atoms with Crippen LogP contribution >= 0.6 is 11.3 Å². The van der Waals surface area contributed by atoms with Gasteiger partial charge in [0.05, 0.1) is 5.69 Å². The molecule has 3 heteroatoms. The molecule has 0 saturated carbocycles. The van der Waals surface area contributed by atoms with Crippen LogP contribution in [0.15, 0.2) is 205 Å². The third kappa shape index (κ3) is 5.40. The molecule has 2 nitrogen and oxygen atoms in total. The minimum atomic E-state index is 0.906. The first-order chi connectivity index (χ1) is 27.2. The maximum Gasteiger partial charge on any atom is 0.136 e. The van der Waals surface area contributed by atoms with Crippen molar-refractivity contribution in [3.8, 4) is 33.4 Å². The van der Waals surface area contributed by atoms with Crippen molar-refractivity contribution < 1.29 is 4.42 Å². The van der Waals surface area contributed by atoms with Gasteiger partial charge in [-0.3, -0.25) is 0 Å². The number of fused-ring (bicyclic) bond motifs is 7. The molecule has 0 bridgehead atoms. The summed E-state index contributed by atoms with van der Waals surface area (Å²) in [5.74, 6) is 0. The standard InChI is InChI=1S/C52H33NOS/c1-2-14-42-36(10-1)11-8-17-43(42)39-13-7-12-37(32-39)34-22-27-40(28-23-34)53(47-18-9-21-51-52(47)46-16-4-6-20-50(46)55-51)41-29-24-35(25-30-41)38-26-31-45-44-15-3-5-19-48(44)54-49(45)33-38/h1-33H. The van der Waals surface area contributed by atoms with Crippen LogP contribution in [0.4, 0.5) is 17.1 Å². The van der Waals surface area contributed by atoms with Crippen molar-refractivity contribution in [1.82, 2.24) is 0 Å². The van der Waals surface area contributed by atoms with E-state index in [1.807, 2.05) is 23.5 Å². The average Bonchev–Trinajstić information content (AvgIpc) is 3.83. The minimum Gasteiger partial charge on any atom is -0.456 e. The zero-order valence-electron chi connectivity index (χ0n) is 29.8. The second kappa shape index (κ2) is 12.9. The van der Waals surface area contributed by atoms with Gasteiger partial charge in [-0.1, -0.05) is 133 Å². The lowest BCUT2D eigenvalue weighted by Gasteiger charge is -2.27. The van der Waals surface area contributed by atoms with E-state index in [1.165, 1.54) is 53.2 Å². The topological polar surface area (TPSA) is 16.4 Å². The van der Waals surface area contributed by atoms with Crippen molar-refractivity contribution in [2.24, 2.45) is 0 Å². The monoisotopic (exact) mass is 719 g/mol. The molecule has 0 aliphatic rings. The molecule has 9 aromatic carbocycles. The summed E-state index contributed by atoms with van der Waals surface area (Å²) in [5.41, 5.74) is 12.3. The zero-order chi connectivity index (χ0) is 36.3. The molecule has 55 heavy (non-hydrogen) atoms. The first-order valence-electron chi connectivity index (χ1n) is 18.7. The highest BCUT2D eigenvalue weighted by atomic mass is 32.1. The summed E-state index contributed by atoms with van der Waals surface area (Å²) in [6.45, 7) is 0. The van der Waals surface area contributed by atoms with Crippen molar-refractivity contribution >= 4 is 81.3 Å². The van der Waals surface area contributed by atoms with Crippen LogP contribution in [0, 0.1) is 0 Å². The van der Waals surface area contributed by atoms with E-state index in [9.17, 15) is 0 Å². The van der Waals surface area contributed by atoms with Crippen molar-refractivity contribution in [3.63, 3.8) is 0 Å². The first-order valence-corrected chi connectivity index (χ1v) is 19.5. The molecule has 0 aliphatic heterocycles. The van der Waals surface area contributed by atoms with Crippen LogP contribution < -0.4 is 4.90 Å². The number of benzene rings is 9. The van der Waals surface area contributed by atoms with E-state index in [2.05, 4.69) is 193 Å². The lowest BCUT2D eigenvalue weighted by atomic mass is 9.95. The van der Waals surface area contributed by atoms with E-state index in [4.69, 9.17) is 4.42 Å². The summed E-state index contributed by atoms with van der Waals surface area (Å²) < 4.78 is 8.81. The number of thiophene rings is 1. The number of para-hydroxylation sites is 1. The van der Waals surface area contributed by atoms with E-state index in [1.54, 1.807) is 0 Å². The highest BCUT2D eigenvalue weighted by Crippen LogP contribution is 2.45.